The molecule has 1 aromatic heterocycles. The lowest BCUT2D eigenvalue weighted by Gasteiger charge is -2.14. The maximum Gasteiger partial charge on any atom is 0.418 e. The zero-order valence-electron chi connectivity index (χ0n) is 9.17. The third-order valence-corrected chi connectivity index (χ3v) is 2.68. The molecule has 0 fully saturated rings. The van der Waals surface area contributed by atoms with Gasteiger partial charge >= 0.3 is 6.18 Å². The van der Waals surface area contributed by atoms with Crippen LogP contribution in [0.25, 0.3) is 0 Å². The fourth-order valence-corrected chi connectivity index (χ4v) is 1.71. The first-order valence-corrected chi connectivity index (χ1v) is 5.75. The van der Waals surface area contributed by atoms with Crippen molar-refractivity contribution in [3.05, 3.63) is 46.2 Å². The molecule has 0 spiro atoms. The number of hydrogen-bond donors (Lipinski definition) is 1. The molecule has 0 aliphatic carbocycles. The molecule has 19 heavy (non-hydrogen) atoms. The van der Waals surface area contributed by atoms with Gasteiger partial charge in [0.05, 0.1) is 16.9 Å². The van der Waals surface area contributed by atoms with Crippen LogP contribution < -0.4 is 5.32 Å². The molecule has 0 amide bonds. The Morgan fingerprint density at radius 3 is 2.37 bits per heavy atom. The van der Waals surface area contributed by atoms with Gasteiger partial charge in [-0.15, -0.1) is 10.2 Å². The van der Waals surface area contributed by atoms with Crippen LogP contribution >= 0.6 is 23.2 Å². The van der Waals surface area contributed by atoms with E-state index < -0.39 is 11.7 Å². The molecule has 2 aromatic rings. The normalized spacial score (nSPS) is 11.4. The Labute approximate surface area is 116 Å². The number of alkyl halides is 3. The number of aromatic nitrogens is 2. The highest BCUT2D eigenvalue weighted by molar-refractivity contribution is 6.33. The van der Waals surface area contributed by atoms with E-state index in [0.29, 0.717) is 0 Å². The van der Waals surface area contributed by atoms with Gasteiger partial charge in [0, 0.05) is 6.07 Å². The molecule has 0 atom stereocenters. The summed E-state index contributed by atoms with van der Waals surface area (Å²) in [7, 11) is 0. The topological polar surface area (TPSA) is 37.8 Å². The molecule has 1 N–H and O–H groups in total. The van der Waals surface area contributed by atoms with Gasteiger partial charge in [0.1, 0.15) is 0 Å². The summed E-state index contributed by atoms with van der Waals surface area (Å²) >= 11 is 11.4. The predicted molar refractivity (Wildman–Crippen MR) is 66.8 cm³/mol. The maximum absolute atomic E-state index is 12.8. The van der Waals surface area contributed by atoms with Gasteiger partial charge in [0.25, 0.3) is 0 Å². The molecule has 1 heterocycles. The van der Waals surface area contributed by atoms with Crippen molar-refractivity contribution in [1.29, 1.82) is 0 Å². The molecule has 0 saturated heterocycles. The van der Waals surface area contributed by atoms with Gasteiger partial charge in [-0.2, -0.15) is 13.2 Å². The summed E-state index contributed by atoms with van der Waals surface area (Å²) in [4.78, 5) is 0. The minimum atomic E-state index is -4.47. The number of hydrogen-bond acceptors (Lipinski definition) is 3. The third-order valence-electron chi connectivity index (χ3n) is 2.22. The number of rotatable bonds is 2. The van der Waals surface area contributed by atoms with Crippen LogP contribution in [0, 0.1) is 0 Å². The van der Waals surface area contributed by atoms with Crippen molar-refractivity contribution in [2.45, 2.75) is 6.18 Å². The van der Waals surface area contributed by atoms with Crippen molar-refractivity contribution in [3.63, 3.8) is 0 Å². The molecule has 3 nitrogen and oxygen atoms in total. The lowest BCUT2D eigenvalue weighted by Crippen LogP contribution is -2.08. The third kappa shape index (κ3) is 3.27. The summed E-state index contributed by atoms with van der Waals surface area (Å²) in [5, 5.41) is 9.49. The average Bonchev–Trinajstić information content (AvgIpc) is 2.33. The summed E-state index contributed by atoms with van der Waals surface area (Å²) in [5.41, 5.74) is -0.793. The van der Waals surface area contributed by atoms with Crippen LogP contribution in [0.15, 0.2) is 30.3 Å². The fraction of sp³-hybridized carbons (Fsp3) is 0.0909. The van der Waals surface area contributed by atoms with Gasteiger partial charge in [0.15, 0.2) is 10.3 Å². The number of benzene rings is 1. The molecule has 1 aromatic carbocycles. The SMILES string of the molecule is FC(F)(F)c1ccccc1Nc1cc(Cl)nnc1Cl. The van der Waals surface area contributed by atoms with Crippen LogP contribution in [0.5, 0.6) is 0 Å². The van der Waals surface area contributed by atoms with Crippen molar-refractivity contribution >= 4 is 34.6 Å². The highest BCUT2D eigenvalue weighted by Crippen LogP contribution is 2.36. The first-order valence-electron chi connectivity index (χ1n) is 5.00. The lowest BCUT2D eigenvalue weighted by molar-refractivity contribution is -0.136. The predicted octanol–water partition coefficient (Wildman–Crippen LogP) is 4.55. The zero-order chi connectivity index (χ0) is 14.0. The second-order valence-electron chi connectivity index (χ2n) is 3.54. The smallest absolute Gasteiger partial charge is 0.352 e. The maximum atomic E-state index is 12.8. The van der Waals surface area contributed by atoms with Crippen LogP contribution in [-0.2, 0) is 6.18 Å². The van der Waals surface area contributed by atoms with E-state index in [-0.39, 0.29) is 21.7 Å². The Bertz CT molecular complexity index is 602. The van der Waals surface area contributed by atoms with E-state index in [1.165, 1.54) is 24.3 Å². The molecule has 0 aliphatic heterocycles. The second kappa shape index (κ2) is 5.22. The minimum absolute atomic E-state index is 0.0244. The summed E-state index contributed by atoms with van der Waals surface area (Å²) in [6.07, 6.45) is -4.47. The molecule has 0 bridgehead atoms. The highest BCUT2D eigenvalue weighted by Gasteiger charge is 2.33. The Morgan fingerprint density at radius 2 is 1.68 bits per heavy atom. The number of halogens is 5. The Kier molecular flexibility index (Phi) is 3.82. The first-order chi connectivity index (χ1) is 8.88. The summed E-state index contributed by atoms with van der Waals surface area (Å²) in [5.74, 6) is 0. The highest BCUT2D eigenvalue weighted by atomic mass is 35.5. The summed E-state index contributed by atoms with van der Waals surface area (Å²) in [6.45, 7) is 0. The molecule has 0 radical (unpaired) electrons. The van der Waals surface area contributed by atoms with E-state index in [2.05, 4.69) is 15.5 Å². The second-order valence-corrected chi connectivity index (χ2v) is 4.29. The van der Waals surface area contributed by atoms with Crippen LogP contribution in [-0.4, -0.2) is 10.2 Å². The van der Waals surface area contributed by atoms with E-state index in [0.717, 1.165) is 6.07 Å². The average molecular weight is 308 g/mol. The van der Waals surface area contributed by atoms with Gasteiger partial charge in [-0.1, -0.05) is 35.3 Å². The van der Waals surface area contributed by atoms with Gasteiger partial charge < -0.3 is 5.32 Å². The van der Waals surface area contributed by atoms with Crippen LogP contribution in [0.4, 0.5) is 24.5 Å². The van der Waals surface area contributed by atoms with Crippen LogP contribution in [0.2, 0.25) is 10.3 Å². The van der Waals surface area contributed by atoms with E-state index in [1.807, 2.05) is 0 Å². The molecule has 0 aliphatic rings. The van der Waals surface area contributed by atoms with E-state index in [9.17, 15) is 13.2 Å². The number of nitrogens with one attached hydrogen (secondary N) is 1. The van der Waals surface area contributed by atoms with Gasteiger partial charge in [-0.25, -0.2) is 0 Å². The van der Waals surface area contributed by atoms with Crippen molar-refractivity contribution in [1.82, 2.24) is 10.2 Å². The van der Waals surface area contributed by atoms with E-state index in [1.54, 1.807) is 0 Å². The molecule has 0 unspecified atom stereocenters. The standard InChI is InChI=1S/C11H6Cl2F3N3/c12-9-5-8(10(13)19-18-9)17-7-4-2-1-3-6(7)11(14,15)16/h1-5H,(H,17,18). The van der Waals surface area contributed by atoms with Gasteiger partial charge in [-0.3, -0.25) is 0 Å². The van der Waals surface area contributed by atoms with Crippen LogP contribution in [0.1, 0.15) is 5.56 Å². The molecule has 2 rings (SSSR count). The molecular weight excluding hydrogens is 302 g/mol. The number of anilines is 2. The molecular formula is C11H6Cl2F3N3. The van der Waals surface area contributed by atoms with Crippen molar-refractivity contribution in [3.8, 4) is 0 Å². The number of nitrogens with zero attached hydrogens (tertiary/aromatic N) is 2. The van der Waals surface area contributed by atoms with Gasteiger partial charge in [0.2, 0.25) is 0 Å². The van der Waals surface area contributed by atoms with Crippen molar-refractivity contribution in [2.75, 3.05) is 5.32 Å². The van der Waals surface area contributed by atoms with E-state index >= 15 is 0 Å². The Balaban J connectivity index is 2.41. The molecule has 100 valence electrons. The molecule has 0 saturated carbocycles. The van der Waals surface area contributed by atoms with Gasteiger partial charge in [-0.05, 0) is 12.1 Å². The fourth-order valence-electron chi connectivity index (χ4n) is 1.43. The van der Waals surface area contributed by atoms with Crippen molar-refractivity contribution in [2.24, 2.45) is 0 Å². The Morgan fingerprint density at radius 1 is 1.00 bits per heavy atom. The van der Waals surface area contributed by atoms with Crippen molar-refractivity contribution < 1.29 is 13.2 Å². The first kappa shape index (κ1) is 13.9. The summed E-state index contributed by atoms with van der Waals surface area (Å²) < 4.78 is 38.4. The molecule has 8 heteroatoms. The minimum Gasteiger partial charge on any atom is -0.352 e. The largest absolute Gasteiger partial charge is 0.418 e. The monoisotopic (exact) mass is 307 g/mol. The Hall–Kier alpha value is -1.53. The lowest BCUT2D eigenvalue weighted by atomic mass is 10.1. The zero-order valence-corrected chi connectivity index (χ0v) is 10.7. The summed E-state index contributed by atoms with van der Waals surface area (Å²) in [6, 6.07) is 6.32. The van der Waals surface area contributed by atoms with E-state index in [4.69, 9.17) is 23.2 Å². The number of para-hydroxylation sites is 1. The van der Waals surface area contributed by atoms with Crippen LogP contribution in [0.3, 0.4) is 0 Å². The quantitative estimate of drug-likeness (QED) is 0.884.